The normalized spacial score (nSPS) is 37.3. The smallest absolute Gasteiger partial charge is 0.351 e. The van der Waals surface area contributed by atoms with E-state index in [1.54, 1.807) is 6.92 Å². The summed E-state index contributed by atoms with van der Waals surface area (Å²) in [6.07, 6.45) is -1.44. The molecule has 4 atom stereocenters. The average molecular weight is 241 g/mol. The molecule has 1 aliphatic rings. The van der Waals surface area contributed by atoms with Gasteiger partial charge in [0.15, 0.2) is 5.72 Å². The minimum absolute atomic E-state index is 0.0935. The number of nitrogen functional groups attached to an aromatic ring is 1. The topological polar surface area (TPSA) is 111 Å². The van der Waals surface area contributed by atoms with Crippen LogP contribution in [0.1, 0.15) is 13.8 Å². The number of aromatic nitrogens is 2. The summed E-state index contributed by atoms with van der Waals surface area (Å²) in [5.74, 6) is 0.0935. The number of aliphatic hydroxyl groups is 2. The van der Waals surface area contributed by atoms with E-state index in [2.05, 4.69) is 4.98 Å². The SMILES string of the molecule is C[C@H]1O[C@@](C)(n2ccc(N)nc2=O)[C@@H](O)[C@@H]1O. The van der Waals surface area contributed by atoms with Crippen molar-refractivity contribution in [3.05, 3.63) is 22.7 Å². The highest BCUT2D eigenvalue weighted by molar-refractivity contribution is 5.24. The predicted octanol–water partition coefficient (Wildman–Crippen LogP) is -1.36. The first-order valence-electron chi connectivity index (χ1n) is 5.26. The van der Waals surface area contributed by atoms with E-state index in [-0.39, 0.29) is 5.82 Å². The van der Waals surface area contributed by atoms with E-state index in [1.165, 1.54) is 19.2 Å². The number of hydrogen-bond donors (Lipinski definition) is 3. The molecule has 0 bridgehead atoms. The number of nitrogens with two attached hydrogens (primary N) is 1. The van der Waals surface area contributed by atoms with Crippen LogP contribution in [-0.2, 0) is 10.5 Å². The summed E-state index contributed by atoms with van der Waals surface area (Å²) in [5.41, 5.74) is 3.41. The molecular formula is C10H15N3O4. The molecule has 0 unspecified atom stereocenters. The number of hydrogen-bond acceptors (Lipinski definition) is 6. The Labute approximate surface area is 97.5 Å². The molecule has 1 fully saturated rings. The molecule has 2 rings (SSSR count). The Morgan fingerprint density at radius 1 is 1.59 bits per heavy atom. The molecule has 1 aromatic heterocycles. The van der Waals surface area contributed by atoms with E-state index >= 15 is 0 Å². The third-order valence-corrected chi connectivity index (χ3v) is 3.08. The first kappa shape index (κ1) is 12.0. The number of ether oxygens (including phenoxy) is 1. The van der Waals surface area contributed by atoms with Gasteiger partial charge in [0.2, 0.25) is 0 Å². The monoisotopic (exact) mass is 241 g/mol. The highest BCUT2D eigenvalue weighted by Crippen LogP contribution is 2.33. The largest absolute Gasteiger partial charge is 0.388 e. The van der Waals surface area contributed by atoms with E-state index in [0.29, 0.717) is 0 Å². The molecule has 94 valence electrons. The highest BCUT2D eigenvalue weighted by atomic mass is 16.6. The van der Waals surface area contributed by atoms with Crippen molar-refractivity contribution in [1.29, 1.82) is 0 Å². The van der Waals surface area contributed by atoms with Crippen LogP contribution in [0.3, 0.4) is 0 Å². The average Bonchev–Trinajstić information content (AvgIpc) is 2.43. The molecule has 17 heavy (non-hydrogen) atoms. The number of rotatable bonds is 1. The lowest BCUT2D eigenvalue weighted by Crippen LogP contribution is -2.48. The molecule has 0 amide bonds. The van der Waals surface area contributed by atoms with E-state index in [9.17, 15) is 15.0 Å². The van der Waals surface area contributed by atoms with Gasteiger partial charge in [-0.2, -0.15) is 4.98 Å². The summed E-state index contributed by atoms with van der Waals surface area (Å²) in [5, 5.41) is 19.6. The molecule has 7 nitrogen and oxygen atoms in total. The molecule has 0 aromatic carbocycles. The molecular weight excluding hydrogens is 226 g/mol. The van der Waals surface area contributed by atoms with Crippen molar-refractivity contribution in [2.75, 3.05) is 5.73 Å². The molecule has 0 saturated carbocycles. The van der Waals surface area contributed by atoms with Crippen molar-refractivity contribution in [1.82, 2.24) is 9.55 Å². The van der Waals surface area contributed by atoms with Crippen LogP contribution in [0.5, 0.6) is 0 Å². The molecule has 4 N–H and O–H groups in total. The first-order chi connectivity index (χ1) is 7.86. The Balaban J connectivity index is 2.49. The van der Waals surface area contributed by atoms with Crippen molar-refractivity contribution in [2.24, 2.45) is 0 Å². The molecule has 2 heterocycles. The lowest BCUT2D eigenvalue weighted by Gasteiger charge is -2.29. The van der Waals surface area contributed by atoms with Crippen LogP contribution in [0.15, 0.2) is 17.1 Å². The fourth-order valence-electron chi connectivity index (χ4n) is 2.04. The van der Waals surface area contributed by atoms with Crippen molar-refractivity contribution in [3.8, 4) is 0 Å². The van der Waals surface area contributed by atoms with Crippen LogP contribution in [0, 0.1) is 0 Å². The standard InChI is InChI=1S/C10H15N3O4/c1-5-7(14)8(15)10(2,17-5)13-4-3-6(11)12-9(13)16/h3-5,7-8,14-15H,1-2H3,(H2,11,12,16)/t5-,7-,8+,10-/m1/s1. The zero-order valence-electron chi connectivity index (χ0n) is 9.57. The first-order valence-corrected chi connectivity index (χ1v) is 5.26. The van der Waals surface area contributed by atoms with Crippen LogP contribution >= 0.6 is 0 Å². The van der Waals surface area contributed by atoms with Crippen molar-refractivity contribution in [2.45, 2.75) is 37.9 Å². The van der Waals surface area contributed by atoms with Gasteiger partial charge in [-0.25, -0.2) is 4.79 Å². The number of nitrogens with zero attached hydrogens (tertiary/aromatic N) is 2. The van der Waals surface area contributed by atoms with Crippen molar-refractivity contribution < 1.29 is 14.9 Å². The Morgan fingerprint density at radius 2 is 2.24 bits per heavy atom. The number of aliphatic hydroxyl groups excluding tert-OH is 2. The van der Waals surface area contributed by atoms with Gasteiger partial charge in [-0.15, -0.1) is 0 Å². The van der Waals surface area contributed by atoms with Gasteiger partial charge < -0.3 is 20.7 Å². The second-order valence-electron chi connectivity index (χ2n) is 4.32. The van der Waals surface area contributed by atoms with Crippen LogP contribution in [0.25, 0.3) is 0 Å². The van der Waals surface area contributed by atoms with E-state index in [4.69, 9.17) is 10.5 Å². The third kappa shape index (κ3) is 1.72. The van der Waals surface area contributed by atoms with Gasteiger partial charge in [0.25, 0.3) is 0 Å². The van der Waals surface area contributed by atoms with Gasteiger partial charge in [-0.3, -0.25) is 4.57 Å². The van der Waals surface area contributed by atoms with Gasteiger partial charge in [-0.1, -0.05) is 0 Å². The maximum absolute atomic E-state index is 11.7. The van der Waals surface area contributed by atoms with Crippen molar-refractivity contribution >= 4 is 5.82 Å². The Kier molecular flexibility index (Phi) is 2.69. The summed E-state index contributed by atoms with van der Waals surface area (Å²) in [6, 6.07) is 1.43. The van der Waals surface area contributed by atoms with Crippen molar-refractivity contribution in [3.63, 3.8) is 0 Å². The van der Waals surface area contributed by atoms with Crippen LogP contribution in [0.2, 0.25) is 0 Å². The fraction of sp³-hybridized carbons (Fsp3) is 0.600. The summed E-state index contributed by atoms with van der Waals surface area (Å²) in [6.45, 7) is 3.14. The van der Waals surface area contributed by atoms with Crippen LogP contribution < -0.4 is 11.4 Å². The Hall–Kier alpha value is -1.44. The van der Waals surface area contributed by atoms with Gasteiger partial charge in [0.1, 0.15) is 18.0 Å². The highest BCUT2D eigenvalue weighted by Gasteiger charge is 2.51. The summed E-state index contributed by atoms with van der Waals surface area (Å²) in [4.78, 5) is 15.3. The van der Waals surface area contributed by atoms with Gasteiger partial charge in [0, 0.05) is 6.20 Å². The molecule has 0 radical (unpaired) electrons. The van der Waals surface area contributed by atoms with Gasteiger partial charge >= 0.3 is 5.69 Å². The molecule has 1 aromatic rings. The van der Waals surface area contributed by atoms with E-state index in [1.807, 2.05) is 0 Å². The van der Waals surface area contributed by atoms with Gasteiger partial charge in [-0.05, 0) is 19.9 Å². The summed E-state index contributed by atoms with van der Waals surface area (Å²) in [7, 11) is 0. The Morgan fingerprint density at radius 3 is 2.71 bits per heavy atom. The molecule has 1 saturated heterocycles. The predicted molar refractivity (Wildman–Crippen MR) is 59.1 cm³/mol. The second-order valence-corrected chi connectivity index (χ2v) is 4.32. The number of anilines is 1. The Bertz CT molecular complexity index is 489. The molecule has 0 aliphatic carbocycles. The fourth-order valence-corrected chi connectivity index (χ4v) is 2.04. The van der Waals surface area contributed by atoms with Crippen LogP contribution in [-0.4, -0.2) is 38.1 Å². The zero-order valence-corrected chi connectivity index (χ0v) is 9.57. The lowest BCUT2D eigenvalue weighted by atomic mass is 10.0. The maximum atomic E-state index is 11.7. The summed E-state index contributed by atoms with van der Waals surface area (Å²) >= 11 is 0. The van der Waals surface area contributed by atoms with E-state index in [0.717, 1.165) is 4.57 Å². The molecule has 1 aliphatic heterocycles. The maximum Gasteiger partial charge on any atom is 0.351 e. The minimum Gasteiger partial charge on any atom is -0.388 e. The quantitative estimate of drug-likeness (QED) is 0.560. The van der Waals surface area contributed by atoms with Gasteiger partial charge in [0.05, 0.1) is 6.10 Å². The molecule has 0 spiro atoms. The molecule has 7 heteroatoms. The van der Waals surface area contributed by atoms with Crippen LogP contribution in [0.4, 0.5) is 5.82 Å². The summed E-state index contributed by atoms with van der Waals surface area (Å²) < 4.78 is 6.59. The minimum atomic E-state index is -1.34. The zero-order chi connectivity index (χ0) is 12.8. The van der Waals surface area contributed by atoms with E-state index < -0.39 is 29.7 Å². The third-order valence-electron chi connectivity index (χ3n) is 3.08. The lowest BCUT2D eigenvalue weighted by molar-refractivity contribution is -0.127. The second kappa shape index (κ2) is 3.80.